The Morgan fingerprint density at radius 1 is 1.53 bits per heavy atom. The Kier molecular flexibility index (Phi) is 4.25. The fraction of sp³-hybridized carbons (Fsp3) is 0.545. The summed E-state index contributed by atoms with van der Waals surface area (Å²) >= 11 is 0. The van der Waals surface area contributed by atoms with Crippen LogP contribution in [0.25, 0.3) is 0 Å². The van der Waals surface area contributed by atoms with Gasteiger partial charge in [0, 0.05) is 25.8 Å². The summed E-state index contributed by atoms with van der Waals surface area (Å²) < 4.78 is 1.54. The van der Waals surface area contributed by atoms with E-state index in [1.807, 2.05) is 13.8 Å². The fourth-order valence-electron chi connectivity index (χ4n) is 1.51. The molecule has 1 aromatic heterocycles. The Labute approximate surface area is 99.8 Å². The predicted molar refractivity (Wildman–Crippen MR) is 61.6 cm³/mol. The van der Waals surface area contributed by atoms with Crippen molar-refractivity contribution in [1.82, 2.24) is 14.7 Å². The van der Waals surface area contributed by atoms with Crippen molar-refractivity contribution in [2.45, 2.75) is 26.3 Å². The molecule has 6 heteroatoms. The molecule has 0 unspecified atom stereocenters. The van der Waals surface area contributed by atoms with Crippen molar-refractivity contribution >= 4 is 11.9 Å². The molecule has 0 radical (unpaired) electrons. The summed E-state index contributed by atoms with van der Waals surface area (Å²) in [4.78, 5) is 24.2. The topological polar surface area (TPSA) is 75.4 Å². The molecule has 0 aromatic carbocycles. The van der Waals surface area contributed by atoms with Crippen molar-refractivity contribution in [3.8, 4) is 0 Å². The maximum absolute atomic E-state index is 12.1. The first-order valence-electron chi connectivity index (χ1n) is 5.43. The second kappa shape index (κ2) is 5.47. The lowest BCUT2D eigenvalue weighted by molar-refractivity contribution is -0.137. The fourth-order valence-corrected chi connectivity index (χ4v) is 1.51. The van der Waals surface area contributed by atoms with Crippen LogP contribution in [0.3, 0.4) is 0 Å². The minimum absolute atomic E-state index is 0.0398. The number of amides is 1. The SMILES string of the molecule is CC(C)N(CCC(=O)O)C(=O)c1cnn(C)c1. The van der Waals surface area contributed by atoms with Crippen molar-refractivity contribution in [1.29, 1.82) is 0 Å². The first kappa shape index (κ1) is 13.2. The van der Waals surface area contributed by atoms with Crippen LogP contribution in [0.4, 0.5) is 0 Å². The molecule has 1 N–H and O–H groups in total. The summed E-state index contributed by atoms with van der Waals surface area (Å²) in [5.74, 6) is -1.09. The van der Waals surface area contributed by atoms with Crippen molar-refractivity contribution in [2.75, 3.05) is 6.54 Å². The maximum Gasteiger partial charge on any atom is 0.305 e. The van der Waals surface area contributed by atoms with Crippen LogP contribution >= 0.6 is 0 Å². The zero-order valence-electron chi connectivity index (χ0n) is 10.3. The first-order valence-corrected chi connectivity index (χ1v) is 5.43. The molecular weight excluding hydrogens is 222 g/mol. The van der Waals surface area contributed by atoms with Gasteiger partial charge in [0.2, 0.25) is 0 Å². The number of nitrogens with zero attached hydrogens (tertiary/aromatic N) is 3. The number of rotatable bonds is 5. The second-order valence-electron chi connectivity index (χ2n) is 4.14. The Balaban J connectivity index is 2.77. The van der Waals surface area contributed by atoms with Crippen LogP contribution in [0, 0.1) is 0 Å². The van der Waals surface area contributed by atoms with Crippen molar-refractivity contribution < 1.29 is 14.7 Å². The largest absolute Gasteiger partial charge is 0.481 e. The van der Waals surface area contributed by atoms with E-state index in [-0.39, 0.29) is 24.9 Å². The van der Waals surface area contributed by atoms with Gasteiger partial charge in [0.15, 0.2) is 0 Å². The number of aliphatic carboxylic acids is 1. The van der Waals surface area contributed by atoms with E-state index in [0.717, 1.165) is 0 Å². The summed E-state index contributed by atoms with van der Waals surface area (Å²) in [6.07, 6.45) is 3.06. The average Bonchev–Trinajstić information content (AvgIpc) is 2.63. The molecule has 17 heavy (non-hydrogen) atoms. The lowest BCUT2D eigenvalue weighted by Crippen LogP contribution is -2.38. The Hall–Kier alpha value is -1.85. The minimum atomic E-state index is -0.908. The van der Waals surface area contributed by atoms with E-state index in [4.69, 9.17) is 5.11 Å². The molecule has 1 amide bonds. The molecule has 0 saturated heterocycles. The molecule has 1 heterocycles. The van der Waals surface area contributed by atoms with Crippen LogP contribution in [0.1, 0.15) is 30.6 Å². The van der Waals surface area contributed by atoms with Gasteiger partial charge in [-0.25, -0.2) is 0 Å². The van der Waals surface area contributed by atoms with Crippen LogP contribution in [0.5, 0.6) is 0 Å². The Bertz CT molecular complexity index is 412. The highest BCUT2D eigenvalue weighted by molar-refractivity contribution is 5.94. The van der Waals surface area contributed by atoms with Crippen LogP contribution in [0.15, 0.2) is 12.4 Å². The highest BCUT2D eigenvalue weighted by Crippen LogP contribution is 2.08. The standard InChI is InChI=1S/C11H17N3O3/c1-8(2)14(5-4-10(15)16)11(17)9-6-12-13(3)7-9/h6-8H,4-5H2,1-3H3,(H,15,16). The highest BCUT2D eigenvalue weighted by atomic mass is 16.4. The number of hydrogen-bond donors (Lipinski definition) is 1. The lowest BCUT2D eigenvalue weighted by atomic mass is 10.2. The van der Waals surface area contributed by atoms with E-state index >= 15 is 0 Å². The summed E-state index contributed by atoms with van der Waals surface area (Å²) in [6.45, 7) is 3.92. The van der Waals surface area contributed by atoms with Gasteiger partial charge in [-0.2, -0.15) is 5.10 Å². The Morgan fingerprint density at radius 3 is 2.59 bits per heavy atom. The normalized spacial score (nSPS) is 10.6. The predicted octanol–water partition coefficient (Wildman–Crippen LogP) is 0.745. The molecule has 1 rings (SSSR count). The van der Waals surface area contributed by atoms with E-state index in [1.165, 1.54) is 11.1 Å². The van der Waals surface area contributed by atoms with Crippen LogP contribution < -0.4 is 0 Å². The third-order valence-corrected chi connectivity index (χ3v) is 2.40. The van der Waals surface area contributed by atoms with Gasteiger partial charge in [-0.3, -0.25) is 14.3 Å². The molecule has 0 aliphatic rings. The van der Waals surface area contributed by atoms with Gasteiger partial charge in [0.25, 0.3) is 5.91 Å². The maximum atomic E-state index is 12.1. The van der Waals surface area contributed by atoms with Crippen LogP contribution in [-0.4, -0.2) is 44.3 Å². The second-order valence-corrected chi connectivity index (χ2v) is 4.14. The van der Waals surface area contributed by atoms with Crippen LogP contribution in [0.2, 0.25) is 0 Å². The number of carbonyl (C=O) groups excluding carboxylic acids is 1. The van der Waals surface area contributed by atoms with Crippen molar-refractivity contribution in [3.05, 3.63) is 18.0 Å². The quantitative estimate of drug-likeness (QED) is 0.822. The van der Waals surface area contributed by atoms with E-state index in [2.05, 4.69) is 5.10 Å². The molecule has 0 aliphatic carbocycles. The van der Waals surface area contributed by atoms with Crippen molar-refractivity contribution in [2.24, 2.45) is 7.05 Å². The minimum Gasteiger partial charge on any atom is -0.481 e. The van der Waals surface area contributed by atoms with Gasteiger partial charge in [-0.05, 0) is 13.8 Å². The average molecular weight is 239 g/mol. The molecule has 0 saturated carbocycles. The molecular formula is C11H17N3O3. The third kappa shape index (κ3) is 3.58. The van der Waals surface area contributed by atoms with Gasteiger partial charge in [-0.1, -0.05) is 0 Å². The van der Waals surface area contributed by atoms with Gasteiger partial charge in [-0.15, -0.1) is 0 Å². The summed E-state index contributed by atoms with van der Waals surface area (Å²) in [5, 5.41) is 12.6. The molecule has 0 bridgehead atoms. The molecule has 94 valence electrons. The van der Waals surface area contributed by atoms with E-state index < -0.39 is 5.97 Å². The molecule has 1 aromatic rings. The molecule has 6 nitrogen and oxygen atoms in total. The first-order chi connectivity index (χ1) is 7.91. The zero-order valence-corrected chi connectivity index (χ0v) is 10.3. The van der Waals surface area contributed by atoms with Crippen molar-refractivity contribution in [3.63, 3.8) is 0 Å². The van der Waals surface area contributed by atoms with Gasteiger partial charge >= 0.3 is 5.97 Å². The number of aryl methyl sites for hydroxylation is 1. The summed E-state index contributed by atoms with van der Waals surface area (Å²) in [5.41, 5.74) is 0.478. The molecule has 0 spiro atoms. The van der Waals surface area contributed by atoms with Gasteiger partial charge in [0.1, 0.15) is 0 Å². The van der Waals surface area contributed by atoms with E-state index in [9.17, 15) is 9.59 Å². The van der Waals surface area contributed by atoms with Gasteiger partial charge in [0.05, 0.1) is 18.2 Å². The monoisotopic (exact) mass is 239 g/mol. The third-order valence-electron chi connectivity index (χ3n) is 2.40. The van der Waals surface area contributed by atoms with E-state index in [0.29, 0.717) is 5.56 Å². The molecule has 0 atom stereocenters. The van der Waals surface area contributed by atoms with Gasteiger partial charge < -0.3 is 10.0 Å². The molecule has 0 fully saturated rings. The van der Waals surface area contributed by atoms with Crippen LogP contribution in [-0.2, 0) is 11.8 Å². The number of carbonyl (C=O) groups is 2. The number of hydrogen-bond acceptors (Lipinski definition) is 3. The summed E-state index contributed by atoms with van der Waals surface area (Å²) in [6, 6.07) is -0.0398. The number of carboxylic acid groups (broad SMARTS) is 1. The highest BCUT2D eigenvalue weighted by Gasteiger charge is 2.20. The Morgan fingerprint density at radius 2 is 2.18 bits per heavy atom. The van der Waals surface area contributed by atoms with E-state index in [1.54, 1.807) is 17.9 Å². The zero-order chi connectivity index (χ0) is 13.0. The lowest BCUT2D eigenvalue weighted by Gasteiger charge is -2.25. The number of aromatic nitrogens is 2. The molecule has 0 aliphatic heterocycles. The number of carboxylic acids is 1. The summed E-state index contributed by atoms with van der Waals surface area (Å²) in [7, 11) is 1.73. The smallest absolute Gasteiger partial charge is 0.305 e.